The van der Waals surface area contributed by atoms with Crippen molar-refractivity contribution < 1.29 is 14.3 Å². The van der Waals surface area contributed by atoms with E-state index in [1.54, 1.807) is 19.2 Å². The van der Waals surface area contributed by atoms with Crippen molar-refractivity contribution in [3.8, 4) is 5.75 Å². The van der Waals surface area contributed by atoms with Gasteiger partial charge in [0.05, 0.1) is 17.8 Å². The predicted octanol–water partition coefficient (Wildman–Crippen LogP) is 3.23. The van der Waals surface area contributed by atoms with E-state index in [0.29, 0.717) is 22.0 Å². The number of ether oxygens (including phenoxy) is 2. The van der Waals surface area contributed by atoms with Gasteiger partial charge in [-0.1, -0.05) is 25.4 Å². The van der Waals surface area contributed by atoms with E-state index in [1.807, 2.05) is 25.7 Å². The molecule has 0 amide bonds. The lowest BCUT2D eigenvalue weighted by molar-refractivity contribution is -0.0199. The van der Waals surface area contributed by atoms with Gasteiger partial charge in [-0.15, -0.1) is 0 Å². The minimum absolute atomic E-state index is 0.306. The van der Waals surface area contributed by atoms with Crippen molar-refractivity contribution >= 4 is 23.3 Å². The summed E-state index contributed by atoms with van der Waals surface area (Å²) in [5, 5.41) is 3.39. The molecule has 1 atom stereocenters. The first kappa shape index (κ1) is 17.6. The third-order valence-corrected chi connectivity index (χ3v) is 3.70. The van der Waals surface area contributed by atoms with Gasteiger partial charge in [-0.2, -0.15) is 0 Å². The lowest BCUT2D eigenvalue weighted by atomic mass is 10.1. The third-order valence-electron chi connectivity index (χ3n) is 3.38. The Morgan fingerprint density at radius 3 is 2.48 bits per heavy atom. The Bertz CT molecular complexity index is 490. The standard InChI is InChI=1S/C15H23ClN2O3/c1-6-18(7-2)10(3)21-15(19)11-8-12(16)13(17-4)9-14(11)20-5/h8-10,17H,6-7H2,1-5H3. The molecule has 21 heavy (non-hydrogen) atoms. The monoisotopic (exact) mass is 314 g/mol. The van der Waals surface area contributed by atoms with Crippen LogP contribution < -0.4 is 10.1 Å². The quantitative estimate of drug-likeness (QED) is 0.618. The van der Waals surface area contributed by atoms with E-state index in [9.17, 15) is 4.79 Å². The average Bonchev–Trinajstić information content (AvgIpc) is 2.48. The van der Waals surface area contributed by atoms with Crippen molar-refractivity contribution in [1.82, 2.24) is 4.90 Å². The number of rotatable bonds is 7. The molecule has 0 saturated heterocycles. The van der Waals surface area contributed by atoms with Crippen LogP contribution in [-0.4, -0.2) is 44.3 Å². The highest BCUT2D eigenvalue weighted by molar-refractivity contribution is 6.33. The molecule has 6 heteroatoms. The zero-order valence-corrected chi connectivity index (χ0v) is 14.0. The molecular formula is C15H23ClN2O3. The second-order valence-electron chi connectivity index (χ2n) is 4.51. The summed E-state index contributed by atoms with van der Waals surface area (Å²) >= 11 is 6.12. The Labute approximate surface area is 131 Å². The number of halogens is 1. The van der Waals surface area contributed by atoms with Crippen LogP contribution in [0.1, 0.15) is 31.1 Å². The number of hydrogen-bond acceptors (Lipinski definition) is 5. The molecule has 0 aliphatic carbocycles. The summed E-state index contributed by atoms with van der Waals surface area (Å²) in [5.74, 6) is -0.0173. The molecule has 0 radical (unpaired) electrons. The van der Waals surface area contributed by atoms with Crippen LogP contribution in [0.3, 0.4) is 0 Å². The van der Waals surface area contributed by atoms with Crippen molar-refractivity contribution in [1.29, 1.82) is 0 Å². The number of benzene rings is 1. The number of carbonyl (C=O) groups excluding carboxylic acids is 1. The Kier molecular flexibility index (Phi) is 6.78. The highest BCUT2D eigenvalue weighted by Gasteiger charge is 2.21. The zero-order chi connectivity index (χ0) is 16.0. The fourth-order valence-corrected chi connectivity index (χ4v) is 2.36. The SMILES string of the molecule is CCN(CC)C(C)OC(=O)c1cc(Cl)c(NC)cc1OC. The molecule has 1 unspecified atom stereocenters. The second-order valence-corrected chi connectivity index (χ2v) is 4.92. The molecule has 0 aliphatic rings. The van der Waals surface area contributed by atoms with Gasteiger partial charge in [0.15, 0.2) is 6.23 Å². The van der Waals surface area contributed by atoms with Crippen molar-refractivity contribution in [2.24, 2.45) is 0 Å². The minimum atomic E-state index is -0.448. The fourth-order valence-electron chi connectivity index (χ4n) is 2.10. The van der Waals surface area contributed by atoms with Gasteiger partial charge in [0.2, 0.25) is 0 Å². The molecular weight excluding hydrogens is 292 g/mol. The van der Waals surface area contributed by atoms with Gasteiger partial charge in [0.25, 0.3) is 0 Å². The molecule has 0 heterocycles. The van der Waals surface area contributed by atoms with E-state index in [4.69, 9.17) is 21.1 Å². The number of hydrogen-bond donors (Lipinski definition) is 1. The van der Waals surface area contributed by atoms with Gasteiger partial charge >= 0.3 is 5.97 Å². The number of esters is 1. The van der Waals surface area contributed by atoms with Crippen molar-refractivity contribution in [3.05, 3.63) is 22.7 Å². The van der Waals surface area contributed by atoms with Gasteiger partial charge in [-0.05, 0) is 26.1 Å². The van der Waals surface area contributed by atoms with Crippen molar-refractivity contribution in [3.63, 3.8) is 0 Å². The second kappa shape index (κ2) is 8.10. The summed E-state index contributed by atoms with van der Waals surface area (Å²) in [4.78, 5) is 14.4. The summed E-state index contributed by atoms with van der Waals surface area (Å²) in [6.07, 6.45) is -0.306. The maximum absolute atomic E-state index is 12.3. The van der Waals surface area contributed by atoms with E-state index in [1.165, 1.54) is 7.11 Å². The number of methoxy groups -OCH3 is 1. The molecule has 1 N–H and O–H groups in total. The topological polar surface area (TPSA) is 50.8 Å². The molecule has 118 valence electrons. The molecule has 0 spiro atoms. The fraction of sp³-hybridized carbons (Fsp3) is 0.533. The minimum Gasteiger partial charge on any atom is -0.496 e. The molecule has 0 aromatic heterocycles. The van der Waals surface area contributed by atoms with Gasteiger partial charge in [-0.3, -0.25) is 4.90 Å². The Morgan fingerprint density at radius 1 is 1.38 bits per heavy atom. The van der Waals surface area contributed by atoms with Crippen LogP contribution >= 0.6 is 11.6 Å². The average molecular weight is 315 g/mol. The van der Waals surface area contributed by atoms with Gasteiger partial charge in [0, 0.05) is 13.1 Å². The highest BCUT2D eigenvalue weighted by Crippen LogP contribution is 2.31. The normalized spacial score (nSPS) is 12.1. The molecule has 0 fully saturated rings. The summed E-state index contributed by atoms with van der Waals surface area (Å²) in [6.45, 7) is 7.50. The molecule has 1 aromatic carbocycles. The Balaban J connectivity index is 2.99. The summed E-state index contributed by atoms with van der Waals surface area (Å²) in [7, 11) is 3.26. The molecule has 0 bridgehead atoms. The Hall–Kier alpha value is -1.46. The van der Waals surface area contributed by atoms with Gasteiger partial charge in [-0.25, -0.2) is 4.79 Å². The van der Waals surface area contributed by atoms with Crippen LogP contribution in [0.15, 0.2) is 12.1 Å². The predicted molar refractivity (Wildman–Crippen MR) is 85.3 cm³/mol. The van der Waals surface area contributed by atoms with E-state index in [-0.39, 0.29) is 6.23 Å². The largest absolute Gasteiger partial charge is 0.496 e. The third kappa shape index (κ3) is 4.25. The van der Waals surface area contributed by atoms with Crippen molar-refractivity contribution in [2.45, 2.75) is 27.0 Å². The number of nitrogens with one attached hydrogen (secondary N) is 1. The van der Waals surface area contributed by atoms with E-state index < -0.39 is 5.97 Å². The van der Waals surface area contributed by atoms with Gasteiger partial charge in [0.1, 0.15) is 11.3 Å². The maximum Gasteiger partial charge on any atom is 0.343 e. The Morgan fingerprint density at radius 2 is 2.00 bits per heavy atom. The summed E-state index contributed by atoms with van der Waals surface area (Å²) < 4.78 is 10.7. The first-order valence-corrected chi connectivity index (χ1v) is 7.36. The summed E-state index contributed by atoms with van der Waals surface area (Å²) in [5.41, 5.74) is 1.02. The number of anilines is 1. The first-order chi connectivity index (χ1) is 9.98. The zero-order valence-electron chi connectivity index (χ0n) is 13.2. The van der Waals surface area contributed by atoms with Crippen LogP contribution in [-0.2, 0) is 4.74 Å². The van der Waals surface area contributed by atoms with Gasteiger partial charge < -0.3 is 14.8 Å². The summed E-state index contributed by atoms with van der Waals surface area (Å²) in [6, 6.07) is 3.24. The molecule has 1 aromatic rings. The number of nitrogens with zero attached hydrogens (tertiary/aromatic N) is 1. The smallest absolute Gasteiger partial charge is 0.343 e. The van der Waals surface area contributed by atoms with Crippen LogP contribution in [0.4, 0.5) is 5.69 Å². The lowest BCUT2D eigenvalue weighted by Crippen LogP contribution is -2.36. The van der Waals surface area contributed by atoms with Crippen LogP contribution in [0.25, 0.3) is 0 Å². The van der Waals surface area contributed by atoms with E-state index in [2.05, 4.69) is 5.32 Å². The molecule has 0 aliphatic heterocycles. The number of carbonyl (C=O) groups is 1. The highest BCUT2D eigenvalue weighted by atomic mass is 35.5. The van der Waals surface area contributed by atoms with Crippen LogP contribution in [0.2, 0.25) is 5.02 Å². The van der Waals surface area contributed by atoms with E-state index in [0.717, 1.165) is 13.1 Å². The lowest BCUT2D eigenvalue weighted by Gasteiger charge is -2.26. The van der Waals surface area contributed by atoms with Crippen LogP contribution in [0.5, 0.6) is 5.75 Å². The molecule has 5 nitrogen and oxygen atoms in total. The van der Waals surface area contributed by atoms with Crippen LogP contribution in [0, 0.1) is 0 Å². The molecule has 0 saturated carbocycles. The van der Waals surface area contributed by atoms with E-state index >= 15 is 0 Å². The van der Waals surface area contributed by atoms with Crippen molar-refractivity contribution in [2.75, 3.05) is 32.6 Å². The molecule has 1 rings (SSSR count). The maximum atomic E-state index is 12.3. The first-order valence-electron chi connectivity index (χ1n) is 6.98.